The van der Waals surface area contributed by atoms with Crippen molar-refractivity contribution in [3.8, 4) is 0 Å². The molecule has 1 fully saturated rings. The fraction of sp³-hybridized carbons (Fsp3) is 0.571. The van der Waals surface area contributed by atoms with Crippen LogP contribution in [-0.2, 0) is 6.54 Å². The van der Waals surface area contributed by atoms with Gasteiger partial charge in [0, 0.05) is 26.2 Å². The molecule has 0 spiro atoms. The fourth-order valence-corrected chi connectivity index (χ4v) is 2.20. The van der Waals surface area contributed by atoms with Crippen LogP contribution in [0.5, 0.6) is 0 Å². The normalized spacial score (nSPS) is 16.5. The van der Waals surface area contributed by atoms with E-state index in [9.17, 15) is 0 Å². The van der Waals surface area contributed by atoms with Gasteiger partial charge in [0.25, 0.3) is 0 Å². The molecule has 0 unspecified atom stereocenters. The maximum absolute atomic E-state index is 3.32. The van der Waals surface area contributed by atoms with Crippen LogP contribution in [0.1, 0.15) is 16.7 Å². The first-order chi connectivity index (χ1) is 7.65. The van der Waals surface area contributed by atoms with Crippen LogP contribution in [0.15, 0.2) is 18.2 Å². The number of hydrogen-bond donors (Lipinski definition) is 1. The standard InChI is InChI=1S/C14H22N2/c1-11-4-5-13(6-12(11)2)9-16(3)10-14-7-15-8-14/h4-6,14-15H,7-10H2,1-3H3. The maximum atomic E-state index is 3.32. The minimum Gasteiger partial charge on any atom is -0.316 e. The quantitative estimate of drug-likeness (QED) is 0.831. The molecule has 1 aliphatic heterocycles. The van der Waals surface area contributed by atoms with Crippen molar-refractivity contribution in [1.82, 2.24) is 10.2 Å². The Morgan fingerprint density at radius 3 is 2.56 bits per heavy atom. The van der Waals surface area contributed by atoms with Crippen LogP contribution in [0.25, 0.3) is 0 Å². The Hall–Kier alpha value is -0.860. The van der Waals surface area contributed by atoms with Crippen molar-refractivity contribution >= 4 is 0 Å². The van der Waals surface area contributed by atoms with Gasteiger partial charge in [-0.15, -0.1) is 0 Å². The number of nitrogens with one attached hydrogen (secondary N) is 1. The molecule has 2 nitrogen and oxygen atoms in total. The molecule has 0 bridgehead atoms. The molecule has 2 heteroatoms. The average Bonchev–Trinajstić information content (AvgIpc) is 2.18. The molecule has 0 aromatic heterocycles. The van der Waals surface area contributed by atoms with Gasteiger partial charge >= 0.3 is 0 Å². The summed E-state index contributed by atoms with van der Waals surface area (Å²) in [6.45, 7) is 9.02. The molecule has 1 heterocycles. The number of nitrogens with zero attached hydrogens (tertiary/aromatic N) is 1. The van der Waals surface area contributed by atoms with Crippen molar-refractivity contribution in [3.05, 3.63) is 34.9 Å². The van der Waals surface area contributed by atoms with Gasteiger partial charge in [-0.25, -0.2) is 0 Å². The molecule has 16 heavy (non-hydrogen) atoms. The lowest BCUT2D eigenvalue weighted by Gasteiger charge is -2.31. The van der Waals surface area contributed by atoms with E-state index in [1.54, 1.807) is 0 Å². The van der Waals surface area contributed by atoms with Crippen LogP contribution >= 0.6 is 0 Å². The minimum absolute atomic E-state index is 0.858. The minimum atomic E-state index is 0.858. The molecule has 0 saturated carbocycles. The third-order valence-electron chi connectivity index (χ3n) is 3.46. The average molecular weight is 218 g/mol. The Morgan fingerprint density at radius 1 is 1.25 bits per heavy atom. The van der Waals surface area contributed by atoms with Gasteiger partial charge < -0.3 is 10.2 Å². The summed E-state index contributed by atoms with van der Waals surface area (Å²) in [5.41, 5.74) is 4.21. The highest BCUT2D eigenvalue weighted by Crippen LogP contribution is 2.13. The molecule has 0 aliphatic carbocycles. The van der Waals surface area contributed by atoms with E-state index in [-0.39, 0.29) is 0 Å². The zero-order chi connectivity index (χ0) is 11.5. The second-order valence-electron chi connectivity index (χ2n) is 5.14. The zero-order valence-electron chi connectivity index (χ0n) is 10.6. The van der Waals surface area contributed by atoms with Gasteiger partial charge in [-0.2, -0.15) is 0 Å². The van der Waals surface area contributed by atoms with Crippen molar-refractivity contribution in [1.29, 1.82) is 0 Å². The highest BCUT2D eigenvalue weighted by Gasteiger charge is 2.18. The third kappa shape index (κ3) is 2.83. The molecular formula is C14H22N2. The molecule has 0 atom stereocenters. The Labute approximate surface area is 98.7 Å². The lowest BCUT2D eigenvalue weighted by Crippen LogP contribution is -2.47. The van der Waals surface area contributed by atoms with Gasteiger partial charge in [0.05, 0.1) is 0 Å². The van der Waals surface area contributed by atoms with E-state index in [0.717, 1.165) is 12.5 Å². The topological polar surface area (TPSA) is 15.3 Å². The van der Waals surface area contributed by atoms with Gasteiger partial charge in [-0.1, -0.05) is 18.2 Å². The van der Waals surface area contributed by atoms with Crippen molar-refractivity contribution < 1.29 is 0 Å². The summed E-state index contributed by atoms with van der Waals surface area (Å²) in [7, 11) is 2.22. The SMILES string of the molecule is Cc1ccc(CN(C)CC2CNC2)cc1C. The van der Waals surface area contributed by atoms with Crippen molar-refractivity contribution in [3.63, 3.8) is 0 Å². The molecule has 0 radical (unpaired) electrons. The van der Waals surface area contributed by atoms with E-state index >= 15 is 0 Å². The Morgan fingerprint density at radius 2 is 2.00 bits per heavy atom. The smallest absolute Gasteiger partial charge is 0.0230 e. The highest BCUT2D eigenvalue weighted by molar-refractivity contribution is 5.29. The van der Waals surface area contributed by atoms with E-state index in [1.165, 1.54) is 36.3 Å². The molecule has 88 valence electrons. The molecule has 1 N–H and O–H groups in total. The van der Waals surface area contributed by atoms with Crippen molar-refractivity contribution in [2.45, 2.75) is 20.4 Å². The van der Waals surface area contributed by atoms with E-state index in [2.05, 4.69) is 49.3 Å². The lowest BCUT2D eigenvalue weighted by molar-refractivity contribution is 0.218. The van der Waals surface area contributed by atoms with Crippen LogP contribution in [0, 0.1) is 19.8 Å². The fourth-order valence-electron chi connectivity index (χ4n) is 2.20. The second kappa shape index (κ2) is 4.98. The summed E-state index contributed by atoms with van der Waals surface area (Å²) in [4.78, 5) is 2.43. The van der Waals surface area contributed by atoms with Crippen LogP contribution in [-0.4, -0.2) is 31.6 Å². The predicted octanol–water partition coefficient (Wildman–Crippen LogP) is 1.95. The number of aryl methyl sites for hydroxylation is 2. The van der Waals surface area contributed by atoms with E-state index < -0.39 is 0 Å². The summed E-state index contributed by atoms with van der Waals surface area (Å²) >= 11 is 0. The molecule has 0 amide bonds. The Balaban J connectivity index is 1.89. The largest absolute Gasteiger partial charge is 0.316 e. The van der Waals surface area contributed by atoms with Crippen LogP contribution in [0.2, 0.25) is 0 Å². The first-order valence-corrected chi connectivity index (χ1v) is 6.10. The first kappa shape index (κ1) is 11.6. The molecule has 1 saturated heterocycles. The molecule has 2 rings (SSSR count). The molecular weight excluding hydrogens is 196 g/mol. The van der Waals surface area contributed by atoms with Crippen LogP contribution in [0.4, 0.5) is 0 Å². The van der Waals surface area contributed by atoms with E-state index in [1.807, 2.05) is 0 Å². The summed E-state index contributed by atoms with van der Waals surface area (Å²) in [5, 5.41) is 3.32. The Kier molecular flexibility index (Phi) is 3.62. The summed E-state index contributed by atoms with van der Waals surface area (Å²) in [6, 6.07) is 6.78. The van der Waals surface area contributed by atoms with Gasteiger partial charge in [-0.05, 0) is 43.5 Å². The van der Waals surface area contributed by atoms with Gasteiger partial charge in [0.2, 0.25) is 0 Å². The van der Waals surface area contributed by atoms with Crippen LogP contribution in [0.3, 0.4) is 0 Å². The molecule has 1 aliphatic rings. The van der Waals surface area contributed by atoms with Crippen LogP contribution < -0.4 is 5.32 Å². The summed E-state index contributed by atoms with van der Waals surface area (Å²) < 4.78 is 0. The zero-order valence-corrected chi connectivity index (χ0v) is 10.6. The van der Waals surface area contributed by atoms with Crippen molar-refractivity contribution in [2.24, 2.45) is 5.92 Å². The number of benzene rings is 1. The maximum Gasteiger partial charge on any atom is 0.0230 e. The number of hydrogen-bond acceptors (Lipinski definition) is 2. The van der Waals surface area contributed by atoms with E-state index in [0.29, 0.717) is 0 Å². The first-order valence-electron chi connectivity index (χ1n) is 6.10. The lowest BCUT2D eigenvalue weighted by atomic mass is 10.0. The van der Waals surface area contributed by atoms with Crippen molar-refractivity contribution in [2.75, 3.05) is 26.7 Å². The summed E-state index contributed by atoms with van der Waals surface area (Å²) in [5.74, 6) is 0.858. The van der Waals surface area contributed by atoms with Gasteiger partial charge in [0.1, 0.15) is 0 Å². The van der Waals surface area contributed by atoms with E-state index in [4.69, 9.17) is 0 Å². The highest BCUT2D eigenvalue weighted by atomic mass is 15.1. The Bertz CT molecular complexity index is 356. The van der Waals surface area contributed by atoms with Gasteiger partial charge in [0.15, 0.2) is 0 Å². The summed E-state index contributed by atoms with van der Waals surface area (Å²) in [6.07, 6.45) is 0. The number of rotatable bonds is 4. The monoisotopic (exact) mass is 218 g/mol. The third-order valence-corrected chi connectivity index (χ3v) is 3.46. The second-order valence-corrected chi connectivity index (χ2v) is 5.14. The van der Waals surface area contributed by atoms with Gasteiger partial charge in [-0.3, -0.25) is 0 Å². The predicted molar refractivity (Wildman–Crippen MR) is 68.6 cm³/mol. The molecule has 1 aromatic rings. The molecule has 1 aromatic carbocycles.